The molecule has 0 atom stereocenters. The lowest BCUT2D eigenvalue weighted by Crippen LogP contribution is -2.17. The lowest BCUT2D eigenvalue weighted by atomic mass is 10.1. The van der Waals surface area contributed by atoms with Gasteiger partial charge in [0.05, 0.1) is 16.8 Å². The van der Waals surface area contributed by atoms with E-state index >= 15 is 0 Å². The van der Waals surface area contributed by atoms with Crippen LogP contribution in [0.5, 0.6) is 11.5 Å². The van der Waals surface area contributed by atoms with E-state index in [0.29, 0.717) is 34.1 Å². The van der Waals surface area contributed by atoms with E-state index in [0.717, 1.165) is 0 Å². The minimum Gasteiger partial charge on any atom is -0.478 e. The molecule has 0 saturated heterocycles. The van der Waals surface area contributed by atoms with Gasteiger partial charge in [0.2, 0.25) is 6.79 Å². The van der Waals surface area contributed by atoms with Gasteiger partial charge in [-0.05, 0) is 48.5 Å². The summed E-state index contributed by atoms with van der Waals surface area (Å²) in [5.74, 6) is 0.347. The number of nitrogens with zero attached hydrogens (tertiary/aromatic N) is 1. The van der Waals surface area contributed by atoms with Gasteiger partial charge < -0.3 is 19.0 Å². The number of benzene rings is 2. The van der Waals surface area contributed by atoms with Crippen LogP contribution >= 0.6 is 11.6 Å². The second-order valence-corrected chi connectivity index (χ2v) is 6.38. The Morgan fingerprint density at radius 2 is 1.90 bits per heavy atom. The van der Waals surface area contributed by atoms with Crippen molar-refractivity contribution in [3.63, 3.8) is 0 Å². The Hall–Kier alpha value is -3.78. The summed E-state index contributed by atoms with van der Waals surface area (Å²) in [6, 6.07) is 12.7. The van der Waals surface area contributed by atoms with Gasteiger partial charge in [-0.15, -0.1) is 0 Å². The maximum atomic E-state index is 12.2. The fourth-order valence-corrected chi connectivity index (χ4v) is 2.88. The number of amides is 1. The number of furan rings is 1. The first kappa shape index (κ1) is 18.6. The van der Waals surface area contributed by atoms with E-state index in [1.54, 1.807) is 36.4 Å². The lowest BCUT2D eigenvalue weighted by molar-refractivity contribution is 0.0697. The summed E-state index contributed by atoms with van der Waals surface area (Å²) in [5, 5.41) is 13.2. The number of aromatic carboxylic acids is 1. The van der Waals surface area contributed by atoms with Crippen molar-refractivity contribution in [3.8, 4) is 22.8 Å². The Kier molecular flexibility index (Phi) is 4.92. The van der Waals surface area contributed by atoms with Gasteiger partial charge in [-0.3, -0.25) is 4.79 Å². The first-order valence-electron chi connectivity index (χ1n) is 8.37. The van der Waals surface area contributed by atoms with Crippen LogP contribution < -0.4 is 14.9 Å². The Morgan fingerprint density at radius 3 is 2.72 bits per heavy atom. The smallest absolute Gasteiger partial charge is 0.337 e. The van der Waals surface area contributed by atoms with Crippen molar-refractivity contribution in [2.45, 2.75) is 0 Å². The van der Waals surface area contributed by atoms with Crippen LogP contribution in [0.4, 0.5) is 0 Å². The molecule has 0 saturated carbocycles. The second-order valence-electron chi connectivity index (χ2n) is 5.97. The summed E-state index contributed by atoms with van der Waals surface area (Å²) < 4.78 is 16.1. The van der Waals surface area contributed by atoms with Crippen LogP contribution in [0.2, 0.25) is 5.02 Å². The van der Waals surface area contributed by atoms with Gasteiger partial charge in [-0.2, -0.15) is 5.10 Å². The quantitative estimate of drug-likeness (QED) is 0.487. The topological polar surface area (TPSA) is 110 Å². The number of rotatable bonds is 5. The van der Waals surface area contributed by atoms with Crippen LogP contribution in [0.25, 0.3) is 11.3 Å². The summed E-state index contributed by atoms with van der Waals surface area (Å²) in [6.07, 6.45) is 1.34. The molecule has 8 nitrogen and oxygen atoms in total. The molecule has 3 aromatic rings. The second kappa shape index (κ2) is 7.69. The number of fused-ring (bicyclic) bond motifs is 1. The van der Waals surface area contributed by atoms with Crippen LogP contribution in [0.15, 0.2) is 58.0 Å². The van der Waals surface area contributed by atoms with Crippen molar-refractivity contribution < 1.29 is 28.6 Å². The summed E-state index contributed by atoms with van der Waals surface area (Å²) in [4.78, 5) is 23.4. The van der Waals surface area contributed by atoms with E-state index < -0.39 is 11.9 Å². The molecule has 0 bridgehead atoms. The number of carboxylic acids is 1. The molecule has 1 aliphatic rings. The molecule has 1 aliphatic heterocycles. The third-order valence-electron chi connectivity index (χ3n) is 4.10. The van der Waals surface area contributed by atoms with E-state index in [9.17, 15) is 9.59 Å². The SMILES string of the molecule is O=C(N/N=C/c1ccc(-c2ccc(Cl)c(C(=O)O)c2)o1)c1ccc2c(c1)OCO2. The van der Waals surface area contributed by atoms with E-state index in [1.807, 2.05) is 0 Å². The van der Waals surface area contributed by atoms with Crippen molar-refractivity contribution in [2.24, 2.45) is 5.10 Å². The standard InChI is InChI=1S/C20H13ClN2O6/c21-15-4-1-11(7-14(15)20(25)26)16-6-3-13(29-16)9-22-23-19(24)12-2-5-17-18(8-12)28-10-27-17/h1-9H,10H2,(H,23,24)(H,25,26)/b22-9+. The van der Waals surface area contributed by atoms with Gasteiger partial charge in [0.25, 0.3) is 5.91 Å². The number of hydrazone groups is 1. The molecular weight excluding hydrogens is 400 g/mol. The molecule has 146 valence electrons. The molecule has 0 fully saturated rings. The van der Waals surface area contributed by atoms with Gasteiger partial charge in [-0.25, -0.2) is 10.2 Å². The van der Waals surface area contributed by atoms with Crippen molar-refractivity contribution >= 4 is 29.7 Å². The van der Waals surface area contributed by atoms with Crippen molar-refractivity contribution in [1.29, 1.82) is 0 Å². The number of nitrogens with one attached hydrogen (secondary N) is 1. The minimum atomic E-state index is -1.13. The Balaban J connectivity index is 1.44. The molecule has 9 heteroatoms. The van der Waals surface area contributed by atoms with E-state index in [2.05, 4.69) is 10.5 Å². The predicted molar refractivity (Wildman–Crippen MR) is 104 cm³/mol. The highest BCUT2D eigenvalue weighted by molar-refractivity contribution is 6.33. The normalized spacial score (nSPS) is 12.3. The monoisotopic (exact) mass is 412 g/mol. The molecule has 1 aromatic heterocycles. The zero-order valence-corrected chi connectivity index (χ0v) is 15.5. The zero-order valence-electron chi connectivity index (χ0n) is 14.7. The number of hydrogen-bond acceptors (Lipinski definition) is 6. The first-order valence-corrected chi connectivity index (χ1v) is 8.75. The molecule has 2 heterocycles. The van der Waals surface area contributed by atoms with E-state index in [4.69, 9.17) is 30.6 Å². The van der Waals surface area contributed by atoms with Crippen LogP contribution in [0.3, 0.4) is 0 Å². The van der Waals surface area contributed by atoms with Crippen LogP contribution in [0.1, 0.15) is 26.5 Å². The van der Waals surface area contributed by atoms with E-state index in [1.165, 1.54) is 18.3 Å². The van der Waals surface area contributed by atoms with Crippen molar-refractivity contribution in [1.82, 2.24) is 5.43 Å². The molecule has 0 radical (unpaired) electrons. The van der Waals surface area contributed by atoms with Gasteiger partial charge in [-0.1, -0.05) is 11.6 Å². The molecule has 2 aromatic carbocycles. The average Bonchev–Trinajstić information content (AvgIpc) is 3.36. The number of ether oxygens (including phenoxy) is 2. The van der Waals surface area contributed by atoms with Crippen LogP contribution in [-0.2, 0) is 0 Å². The summed E-state index contributed by atoms with van der Waals surface area (Å²) in [5.41, 5.74) is 3.30. The molecule has 0 aliphatic carbocycles. The summed E-state index contributed by atoms with van der Waals surface area (Å²) >= 11 is 5.88. The predicted octanol–water partition coefficient (Wildman–Crippen LogP) is 3.79. The average molecular weight is 413 g/mol. The van der Waals surface area contributed by atoms with Gasteiger partial charge in [0.1, 0.15) is 11.5 Å². The molecule has 2 N–H and O–H groups in total. The molecule has 4 rings (SSSR count). The van der Waals surface area contributed by atoms with Gasteiger partial charge in [0, 0.05) is 11.1 Å². The van der Waals surface area contributed by atoms with Gasteiger partial charge in [0.15, 0.2) is 11.5 Å². The fourth-order valence-electron chi connectivity index (χ4n) is 2.68. The highest BCUT2D eigenvalue weighted by atomic mass is 35.5. The highest BCUT2D eigenvalue weighted by Crippen LogP contribution is 2.32. The first-order chi connectivity index (χ1) is 14.0. The molecule has 0 unspecified atom stereocenters. The largest absolute Gasteiger partial charge is 0.478 e. The maximum absolute atomic E-state index is 12.2. The Morgan fingerprint density at radius 1 is 1.07 bits per heavy atom. The Labute approximate surface area is 169 Å². The third-order valence-corrected chi connectivity index (χ3v) is 4.43. The molecule has 29 heavy (non-hydrogen) atoms. The van der Waals surface area contributed by atoms with Crippen molar-refractivity contribution in [2.75, 3.05) is 6.79 Å². The number of carbonyl (C=O) groups is 2. The fraction of sp³-hybridized carbons (Fsp3) is 0.0500. The molecular formula is C20H13ClN2O6. The number of halogens is 1. The molecule has 1 amide bonds. The maximum Gasteiger partial charge on any atom is 0.337 e. The summed E-state index contributed by atoms with van der Waals surface area (Å²) in [7, 11) is 0. The zero-order chi connectivity index (χ0) is 20.4. The third kappa shape index (κ3) is 3.92. The van der Waals surface area contributed by atoms with Crippen LogP contribution in [0, 0.1) is 0 Å². The molecule has 0 spiro atoms. The van der Waals surface area contributed by atoms with Gasteiger partial charge >= 0.3 is 5.97 Å². The number of carboxylic acid groups (broad SMARTS) is 1. The lowest BCUT2D eigenvalue weighted by Gasteiger charge is -2.02. The van der Waals surface area contributed by atoms with Crippen LogP contribution in [-0.4, -0.2) is 30.0 Å². The number of hydrogen-bond donors (Lipinski definition) is 2. The Bertz CT molecular complexity index is 1140. The highest BCUT2D eigenvalue weighted by Gasteiger charge is 2.16. The van der Waals surface area contributed by atoms with Crippen molar-refractivity contribution in [3.05, 3.63) is 70.4 Å². The van der Waals surface area contributed by atoms with E-state index in [-0.39, 0.29) is 17.4 Å². The minimum absolute atomic E-state index is 0.0215. The number of carbonyl (C=O) groups excluding carboxylic acids is 1. The summed E-state index contributed by atoms with van der Waals surface area (Å²) in [6.45, 7) is 0.126.